The Kier molecular flexibility index (Phi) is 3.90. The van der Waals surface area contributed by atoms with Crippen LogP contribution < -0.4 is 11.1 Å². The summed E-state index contributed by atoms with van der Waals surface area (Å²) in [6, 6.07) is 6.01. The van der Waals surface area contributed by atoms with E-state index in [0.717, 1.165) is 29.4 Å². The molecule has 0 radical (unpaired) electrons. The van der Waals surface area contributed by atoms with E-state index in [2.05, 4.69) is 24.1 Å². The number of aryl methyl sites for hydroxylation is 1. The minimum Gasteiger partial charge on any atom is -0.366 e. The number of rotatable bonds is 5. The van der Waals surface area contributed by atoms with E-state index < -0.39 is 0 Å². The van der Waals surface area contributed by atoms with Gasteiger partial charge in [-0.3, -0.25) is 4.79 Å². The van der Waals surface area contributed by atoms with Gasteiger partial charge in [-0.05, 0) is 50.6 Å². The van der Waals surface area contributed by atoms with Crippen LogP contribution in [0.1, 0.15) is 35.0 Å². The van der Waals surface area contributed by atoms with Crippen LogP contribution in [0.4, 0.5) is 0 Å². The third-order valence-corrected chi connectivity index (χ3v) is 3.76. The van der Waals surface area contributed by atoms with Crippen molar-refractivity contribution in [2.45, 2.75) is 32.7 Å². The van der Waals surface area contributed by atoms with Crippen molar-refractivity contribution < 1.29 is 4.79 Å². The van der Waals surface area contributed by atoms with Gasteiger partial charge in [-0.2, -0.15) is 0 Å². The molecule has 1 aromatic heterocycles. The maximum Gasteiger partial charge on any atom is 0.248 e. The summed E-state index contributed by atoms with van der Waals surface area (Å²) in [6.07, 6.45) is 2.01. The number of carbonyl (C=O) groups is 1. The lowest BCUT2D eigenvalue weighted by atomic mass is 10.00. The molecule has 0 saturated carbocycles. The van der Waals surface area contributed by atoms with E-state index in [1.807, 2.05) is 19.2 Å². The fourth-order valence-corrected chi connectivity index (χ4v) is 2.50. The lowest BCUT2D eigenvalue weighted by molar-refractivity contribution is 0.100. The Morgan fingerprint density at radius 2 is 2.21 bits per heavy atom. The maximum absolute atomic E-state index is 11.3. The van der Waals surface area contributed by atoms with Gasteiger partial charge >= 0.3 is 0 Å². The second-order valence-corrected chi connectivity index (χ2v) is 4.95. The number of aromatic amines is 1. The molecule has 0 saturated heterocycles. The third-order valence-electron chi connectivity index (χ3n) is 3.76. The Labute approximate surface area is 113 Å². The summed E-state index contributed by atoms with van der Waals surface area (Å²) in [4.78, 5) is 14.7. The van der Waals surface area contributed by atoms with Crippen molar-refractivity contribution in [1.29, 1.82) is 0 Å². The monoisotopic (exact) mass is 259 g/mol. The number of amides is 1. The van der Waals surface area contributed by atoms with Crippen LogP contribution in [0.2, 0.25) is 0 Å². The zero-order valence-electron chi connectivity index (χ0n) is 11.7. The van der Waals surface area contributed by atoms with Crippen LogP contribution in [0.15, 0.2) is 18.2 Å². The van der Waals surface area contributed by atoms with Gasteiger partial charge in [0.2, 0.25) is 5.91 Å². The highest BCUT2D eigenvalue weighted by Crippen LogP contribution is 2.25. The van der Waals surface area contributed by atoms with E-state index in [0.29, 0.717) is 11.6 Å². The van der Waals surface area contributed by atoms with Crippen LogP contribution >= 0.6 is 0 Å². The molecule has 0 unspecified atom stereocenters. The van der Waals surface area contributed by atoms with Crippen LogP contribution in [-0.4, -0.2) is 24.0 Å². The molecule has 0 bridgehead atoms. The van der Waals surface area contributed by atoms with Gasteiger partial charge in [0.25, 0.3) is 0 Å². The van der Waals surface area contributed by atoms with E-state index in [9.17, 15) is 4.79 Å². The first-order valence-corrected chi connectivity index (χ1v) is 6.65. The van der Waals surface area contributed by atoms with Crippen molar-refractivity contribution >= 4 is 16.8 Å². The van der Waals surface area contributed by atoms with Gasteiger partial charge in [0.05, 0.1) is 0 Å². The first-order valence-electron chi connectivity index (χ1n) is 6.65. The number of carbonyl (C=O) groups excluding carboxylic acids is 1. The zero-order valence-corrected chi connectivity index (χ0v) is 11.7. The lowest BCUT2D eigenvalue weighted by Crippen LogP contribution is -2.26. The van der Waals surface area contributed by atoms with E-state index in [1.54, 1.807) is 6.07 Å². The number of nitrogens with two attached hydrogens (primary N) is 1. The fraction of sp³-hybridized carbons (Fsp3) is 0.400. The lowest BCUT2D eigenvalue weighted by Gasteiger charge is -2.13. The van der Waals surface area contributed by atoms with Crippen LogP contribution in [0.5, 0.6) is 0 Å². The smallest absolute Gasteiger partial charge is 0.248 e. The Balaban J connectivity index is 2.49. The molecule has 0 fully saturated rings. The second-order valence-electron chi connectivity index (χ2n) is 4.95. The molecule has 1 aromatic carbocycles. The molecule has 0 spiro atoms. The number of fused-ring (bicyclic) bond motifs is 1. The van der Waals surface area contributed by atoms with Gasteiger partial charge in [-0.25, -0.2) is 0 Å². The van der Waals surface area contributed by atoms with Gasteiger partial charge in [0.1, 0.15) is 0 Å². The number of hydrogen-bond acceptors (Lipinski definition) is 2. The van der Waals surface area contributed by atoms with Crippen molar-refractivity contribution in [1.82, 2.24) is 10.3 Å². The van der Waals surface area contributed by atoms with E-state index in [-0.39, 0.29) is 5.91 Å². The van der Waals surface area contributed by atoms with Crippen molar-refractivity contribution in [3.63, 3.8) is 0 Å². The molecule has 0 aliphatic rings. The summed E-state index contributed by atoms with van der Waals surface area (Å²) in [5.41, 5.74) is 9.39. The molecule has 19 heavy (non-hydrogen) atoms. The van der Waals surface area contributed by atoms with Crippen LogP contribution in [-0.2, 0) is 6.42 Å². The number of hydrogen-bond donors (Lipinski definition) is 3. The Morgan fingerprint density at radius 1 is 1.47 bits per heavy atom. The molecule has 4 nitrogen and oxygen atoms in total. The van der Waals surface area contributed by atoms with E-state index in [4.69, 9.17) is 5.73 Å². The van der Waals surface area contributed by atoms with Crippen molar-refractivity contribution in [2.24, 2.45) is 5.73 Å². The van der Waals surface area contributed by atoms with Crippen LogP contribution in [0, 0.1) is 6.92 Å². The standard InChI is InChI=1S/C15H21N3O/c1-4-11(17-3)8-12-9(2)18-14-6-5-10(15(16)19)7-13(12)14/h5-7,11,17-18H,4,8H2,1-3H3,(H2,16,19)/t11-/m1/s1. The number of aromatic nitrogens is 1. The van der Waals surface area contributed by atoms with Gasteiger partial charge in [0, 0.05) is 28.2 Å². The molecular formula is C15H21N3O. The molecule has 1 heterocycles. The topological polar surface area (TPSA) is 70.9 Å². The summed E-state index contributed by atoms with van der Waals surface area (Å²) < 4.78 is 0. The largest absolute Gasteiger partial charge is 0.366 e. The third kappa shape index (κ3) is 2.63. The SMILES string of the molecule is CC[C@H](Cc1c(C)[nH]c2ccc(C(N)=O)cc12)NC. The fourth-order valence-electron chi connectivity index (χ4n) is 2.50. The van der Waals surface area contributed by atoms with Crippen LogP contribution in [0.25, 0.3) is 10.9 Å². The number of likely N-dealkylation sites (N-methyl/N-ethyl adjacent to an activating group) is 1. The molecule has 2 aromatic rings. The number of H-pyrrole nitrogens is 1. The summed E-state index contributed by atoms with van der Waals surface area (Å²) in [7, 11) is 1.98. The predicted octanol–water partition coefficient (Wildman–Crippen LogP) is 2.12. The second kappa shape index (κ2) is 5.45. The number of nitrogens with one attached hydrogen (secondary N) is 2. The summed E-state index contributed by atoms with van der Waals surface area (Å²) in [5.74, 6) is -0.382. The van der Waals surface area contributed by atoms with Crippen LogP contribution in [0.3, 0.4) is 0 Å². The molecule has 0 aliphatic carbocycles. The molecular weight excluding hydrogens is 238 g/mol. The molecule has 4 heteroatoms. The highest BCUT2D eigenvalue weighted by Gasteiger charge is 2.14. The van der Waals surface area contributed by atoms with Crippen molar-refractivity contribution in [3.8, 4) is 0 Å². The summed E-state index contributed by atoms with van der Waals surface area (Å²) in [6.45, 7) is 4.24. The minimum absolute atomic E-state index is 0.382. The molecule has 1 atom stereocenters. The van der Waals surface area contributed by atoms with Crippen molar-refractivity contribution in [3.05, 3.63) is 35.0 Å². The Bertz CT molecular complexity index is 597. The molecule has 102 valence electrons. The first-order chi connectivity index (χ1) is 9.06. The molecule has 0 aliphatic heterocycles. The highest BCUT2D eigenvalue weighted by molar-refractivity contribution is 5.98. The summed E-state index contributed by atoms with van der Waals surface area (Å²) >= 11 is 0. The highest BCUT2D eigenvalue weighted by atomic mass is 16.1. The van der Waals surface area contributed by atoms with E-state index in [1.165, 1.54) is 5.56 Å². The zero-order chi connectivity index (χ0) is 14.0. The van der Waals surface area contributed by atoms with Crippen molar-refractivity contribution in [2.75, 3.05) is 7.05 Å². The molecule has 2 rings (SSSR count). The minimum atomic E-state index is -0.382. The van der Waals surface area contributed by atoms with Gasteiger partial charge in [-0.1, -0.05) is 6.92 Å². The molecule has 1 amide bonds. The predicted molar refractivity (Wildman–Crippen MR) is 78.4 cm³/mol. The number of primary amides is 1. The number of benzene rings is 1. The van der Waals surface area contributed by atoms with E-state index >= 15 is 0 Å². The Morgan fingerprint density at radius 3 is 2.79 bits per heavy atom. The average Bonchev–Trinajstić information content (AvgIpc) is 2.70. The average molecular weight is 259 g/mol. The van der Waals surface area contributed by atoms with Gasteiger partial charge in [0.15, 0.2) is 0 Å². The first kappa shape index (κ1) is 13.6. The summed E-state index contributed by atoms with van der Waals surface area (Å²) in [5, 5.41) is 4.41. The van der Waals surface area contributed by atoms with Gasteiger partial charge < -0.3 is 16.0 Å². The quantitative estimate of drug-likeness (QED) is 0.769. The molecule has 4 N–H and O–H groups in total. The van der Waals surface area contributed by atoms with Gasteiger partial charge in [-0.15, -0.1) is 0 Å². The normalized spacial score (nSPS) is 12.8. The Hall–Kier alpha value is -1.81. The maximum atomic E-state index is 11.3.